The number of hydrogen-bond acceptors (Lipinski definition) is 5. The van der Waals surface area contributed by atoms with Crippen LogP contribution >= 0.6 is 12.4 Å². The minimum atomic E-state index is -3.59. The van der Waals surface area contributed by atoms with Crippen LogP contribution < -0.4 is 5.32 Å². The monoisotopic (exact) mass is 384 g/mol. The first-order valence-corrected chi connectivity index (χ1v) is 9.41. The molecule has 0 spiro atoms. The van der Waals surface area contributed by atoms with Crippen LogP contribution in [0.1, 0.15) is 23.0 Å². The second-order valence-corrected chi connectivity index (χ2v) is 8.05. The Morgan fingerprint density at radius 2 is 2.08 bits per heavy atom. The third kappa shape index (κ3) is 3.20. The number of ether oxygens (including phenoxy) is 1. The van der Waals surface area contributed by atoms with E-state index in [4.69, 9.17) is 4.74 Å². The van der Waals surface area contributed by atoms with Gasteiger partial charge >= 0.3 is 0 Å². The minimum Gasteiger partial charge on any atom is -0.372 e. The number of fused-ring (bicyclic) bond motifs is 1. The molecule has 1 N–H and O–H groups in total. The Morgan fingerprint density at radius 3 is 2.84 bits per heavy atom. The van der Waals surface area contributed by atoms with Crippen molar-refractivity contribution in [1.82, 2.24) is 19.2 Å². The summed E-state index contributed by atoms with van der Waals surface area (Å²) < 4.78 is 35.3. The van der Waals surface area contributed by atoms with Gasteiger partial charge in [-0.2, -0.15) is 4.31 Å². The molecule has 0 saturated carbocycles. The van der Waals surface area contributed by atoms with Crippen molar-refractivity contribution >= 4 is 22.4 Å². The Morgan fingerprint density at radius 1 is 1.28 bits per heavy atom. The van der Waals surface area contributed by atoms with Crippen molar-refractivity contribution in [3.05, 3.63) is 47.5 Å². The van der Waals surface area contributed by atoms with Crippen LogP contribution in [0, 0.1) is 0 Å². The Bertz CT molecular complexity index is 868. The molecule has 0 bridgehead atoms. The van der Waals surface area contributed by atoms with Crippen molar-refractivity contribution in [2.45, 2.75) is 24.2 Å². The van der Waals surface area contributed by atoms with Gasteiger partial charge in [0.25, 0.3) is 0 Å². The molecule has 1 fully saturated rings. The second kappa shape index (κ2) is 7.05. The van der Waals surface area contributed by atoms with E-state index >= 15 is 0 Å². The van der Waals surface area contributed by atoms with Gasteiger partial charge in [0.15, 0.2) is 0 Å². The molecule has 0 amide bonds. The standard InChI is InChI=1S/C16H20N4O3S.ClH/c1-19-6-5-18-16(19)15-9-17-4-7-20(15)24(21,22)14-3-2-12-10-23-11-13(12)8-14;/h2-3,5-6,8,15,17H,4,7,9-11H2,1H3;1H. The van der Waals surface area contributed by atoms with Crippen LogP contribution in [0.25, 0.3) is 0 Å². The number of sulfonamides is 1. The van der Waals surface area contributed by atoms with Crippen LogP contribution in [0.15, 0.2) is 35.5 Å². The third-order valence-corrected chi connectivity index (χ3v) is 6.55. The Kier molecular flexibility index (Phi) is 5.17. The number of nitrogens with zero attached hydrogens (tertiary/aromatic N) is 3. The van der Waals surface area contributed by atoms with Gasteiger partial charge in [-0.3, -0.25) is 0 Å². The number of nitrogens with one attached hydrogen (secondary N) is 1. The molecule has 9 heteroatoms. The molecular weight excluding hydrogens is 364 g/mol. The van der Waals surface area contributed by atoms with Crippen LogP contribution in [0.4, 0.5) is 0 Å². The van der Waals surface area contributed by atoms with E-state index in [1.54, 1.807) is 22.6 Å². The predicted molar refractivity (Wildman–Crippen MR) is 94.9 cm³/mol. The molecule has 7 nitrogen and oxygen atoms in total. The molecule has 2 aliphatic rings. The van der Waals surface area contributed by atoms with E-state index in [0.29, 0.717) is 37.7 Å². The number of aryl methyl sites for hydroxylation is 1. The lowest BCUT2D eigenvalue weighted by atomic mass is 10.1. The van der Waals surface area contributed by atoms with Crippen LogP contribution in [-0.4, -0.2) is 41.9 Å². The van der Waals surface area contributed by atoms with Gasteiger partial charge < -0.3 is 14.6 Å². The maximum Gasteiger partial charge on any atom is 0.243 e. The zero-order valence-corrected chi connectivity index (χ0v) is 15.5. The van der Waals surface area contributed by atoms with Gasteiger partial charge in [0, 0.05) is 39.1 Å². The van der Waals surface area contributed by atoms with Crippen LogP contribution in [0.5, 0.6) is 0 Å². The molecule has 1 aromatic carbocycles. The van der Waals surface area contributed by atoms with Gasteiger partial charge in [-0.1, -0.05) is 6.07 Å². The summed E-state index contributed by atoms with van der Waals surface area (Å²) in [6.07, 6.45) is 3.53. The Balaban J connectivity index is 0.00000182. The van der Waals surface area contributed by atoms with E-state index in [1.807, 2.05) is 23.9 Å². The van der Waals surface area contributed by atoms with Gasteiger partial charge in [0.2, 0.25) is 10.0 Å². The maximum absolute atomic E-state index is 13.2. The van der Waals surface area contributed by atoms with Gasteiger partial charge in [0.1, 0.15) is 5.82 Å². The molecule has 3 heterocycles. The molecule has 1 saturated heterocycles. The van der Waals surface area contributed by atoms with Crippen LogP contribution in [-0.2, 0) is 35.0 Å². The summed E-state index contributed by atoms with van der Waals surface area (Å²) in [6.45, 7) is 2.64. The highest BCUT2D eigenvalue weighted by atomic mass is 35.5. The van der Waals surface area contributed by atoms with Crippen molar-refractivity contribution in [3.8, 4) is 0 Å². The molecule has 136 valence electrons. The first-order chi connectivity index (χ1) is 11.6. The number of imidazole rings is 1. The molecule has 2 aromatic rings. The van der Waals surface area contributed by atoms with E-state index in [1.165, 1.54) is 0 Å². The number of rotatable bonds is 3. The van der Waals surface area contributed by atoms with Crippen molar-refractivity contribution < 1.29 is 13.2 Å². The van der Waals surface area contributed by atoms with E-state index in [-0.39, 0.29) is 18.4 Å². The molecule has 0 radical (unpaired) electrons. The number of benzene rings is 1. The molecular formula is C16H21ClN4O3S. The molecule has 25 heavy (non-hydrogen) atoms. The Labute approximate surface area is 153 Å². The summed E-state index contributed by atoms with van der Waals surface area (Å²) in [5.41, 5.74) is 2.02. The maximum atomic E-state index is 13.2. The van der Waals surface area contributed by atoms with Gasteiger partial charge in [-0.05, 0) is 23.3 Å². The number of hydrogen-bond donors (Lipinski definition) is 1. The number of halogens is 1. The fourth-order valence-corrected chi connectivity index (χ4v) is 4.97. The van der Waals surface area contributed by atoms with E-state index in [9.17, 15) is 8.42 Å². The molecule has 4 rings (SSSR count). The molecule has 1 unspecified atom stereocenters. The quantitative estimate of drug-likeness (QED) is 0.860. The molecule has 1 atom stereocenters. The first-order valence-electron chi connectivity index (χ1n) is 7.97. The molecule has 0 aliphatic carbocycles. The average molecular weight is 385 g/mol. The molecule has 2 aliphatic heterocycles. The number of piperazine rings is 1. The fourth-order valence-electron chi connectivity index (χ4n) is 3.34. The summed E-state index contributed by atoms with van der Waals surface area (Å²) in [4.78, 5) is 4.68. The summed E-state index contributed by atoms with van der Waals surface area (Å²) in [5.74, 6) is 0.746. The highest BCUT2D eigenvalue weighted by molar-refractivity contribution is 7.89. The molecule has 1 aromatic heterocycles. The van der Waals surface area contributed by atoms with Crippen molar-refractivity contribution in [2.24, 2.45) is 7.05 Å². The summed E-state index contributed by atoms with van der Waals surface area (Å²) >= 11 is 0. The van der Waals surface area contributed by atoms with Crippen molar-refractivity contribution in [3.63, 3.8) is 0 Å². The highest BCUT2D eigenvalue weighted by Gasteiger charge is 2.36. The summed E-state index contributed by atoms with van der Waals surface area (Å²) in [7, 11) is -1.71. The van der Waals surface area contributed by atoms with Gasteiger partial charge in [-0.25, -0.2) is 13.4 Å². The van der Waals surface area contributed by atoms with Gasteiger partial charge in [-0.15, -0.1) is 12.4 Å². The first kappa shape index (κ1) is 18.3. The summed E-state index contributed by atoms with van der Waals surface area (Å²) in [5, 5.41) is 3.27. The van der Waals surface area contributed by atoms with Gasteiger partial charge in [0.05, 0.1) is 24.2 Å². The van der Waals surface area contributed by atoms with Crippen LogP contribution in [0.3, 0.4) is 0 Å². The van der Waals surface area contributed by atoms with E-state index in [0.717, 1.165) is 17.0 Å². The number of aromatic nitrogens is 2. The predicted octanol–water partition coefficient (Wildman–Crippen LogP) is 1.21. The van der Waals surface area contributed by atoms with Crippen LogP contribution in [0.2, 0.25) is 0 Å². The fraction of sp³-hybridized carbons (Fsp3) is 0.438. The average Bonchev–Trinajstić information content (AvgIpc) is 3.22. The summed E-state index contributed by atoms with van der Waals surface area (Å²) in [6, 6.07) is 4.97. The zero-order chi connectivity index (χ0) is 16.7. The van der Waals surface area contributed by atoms with E-state index in [2.05, 4.69) is 10.3 Å². The Hall–Kier alpha value is -1.45. The smallest absolute Gasteiger partial charge is 0.243 e. The highest BCUT2D eigenvalue weighted by Crippen LogP contribution is 2.30. The zero-order valence-electron chi connectivity index (χ0n) is 13.9. The van der Waals surface area contributed by atoms with Crippen molar-refractivity contribution in [2.75, 3.05) is 19.6 Å². The second-order valence-electron chi connectivity index (χ2n) is 6.16. The lowest BCUT2D eigenvalue weighted by Crippen LogP contribution is -2.49. The normalized spacial score (nSPS) is 20.9. The minimum absolute atomic E-state index is 0. The SMILES string of the molecule is Cl.Cn1ccnc1C1CNCCN1S(=O)(=O)c1ccc2c(c1)COC2. The topological polar surface area (TPSA) is 76.5 Å². The van der Waals surface area contributed by atoms with E-state index < -0.39 is 10.0 Å². The third-order valence-electron chi connectivity index (χ3n) is 4.65. The lowest BCUT2D eigenvalue weighted by molar-refractivity contribution is 0.134. The lowest BCUT2D eigenvalue weighted by Gasteiger charge is -2.34. The van der Waals surface area contributed by atoms with Crippen molar-refractivity contribution in [1.29, 1.82) is 0 Å². The largest absolute Gasteiger partial charge is 0.372 e.